The molecule has 27 heavy (non-hydrogen) atoms. The number of nitrogens with one attached hydrogen (secondary N) is 2. The van der Waals surface area contributed by atoms with Gasteiger partial charge in [0.1, 0.15) is 0 Å². The number of aromatic amines is 1. The fourth-order valence-corrected chi connectivity index (χ4v) is 3.04. The SMILES string of the molecule is Cc1[nH]c2ccccc2c1C(=O)C(=O)NCc1cccc(COC(C)C)c1. The van der Waals surface area contributed by atoms with Crippen molar-refractivity contribution >= 4 is 22.6 Å². The molecule has 3 aromatic rings. The van der Waals surface area contributed by atoms with Gasteiger partial charge in [0.15, 0.2) is 0 Å². The second-order valence-electron chi connectivity index (χ2n) is 6.86. The maximum absolute atomic E-state index is 12.7. The molecule has 0 saturated carbocycles. The molecule has 0 radical (unpaired) electrons. The first-order chi connectivity index (χ1) is 13.0. The van der Waals surface area contributed by atoms with Gasteiger partial charge in [-0.3, -0.25) is 9.59 Å². The summed E-state index contributed by atoms with van der Waals surface area (Å²) in [5, 5.41) is 3.49. The minimum atomic E-state index is -0.605. The summed E-state index contributed by atoms with van der Waals surface area (Å²) in [6, 6.07) is 15.3. The van der Waals surface area contributed by atoms with E-state index in [0.29, 0.717) is 24.4 Å². The number of para-hydroxylation sites is 1. The van der Waals surface area contributed by atoms with Crippen LogP contribution in [0, 0.1) is 6.92 Å². The number of benzene rings is 2. The van der Waals surface area contributed by atoms with Gasteiger partial charge in [0.2, 0.25) is 0 Å². The summed E-state index contributed by atoms with van der Waals surface area (Å²) in [6.45, 7) is 6.60. The standard InChI is InChI=1S/C22H24N2O3/c1-14(2)27-13-17-8-6-7-16(11-17)12-23-22(26)21(25)20-15(3)24-19-10-5-4-9-18(19)20/h4-11,14,24H,12-13H2,1-3H3,(H,23,26). The first kappa shape index (κ1) is 18.9. The topological polar surface area (TPSA) is 71.2 Å². The van der Waals surface area contributed by atoms with Crippen LogP contribution in [-0.4, -0.2) is 22.8 Å². The molecule has 0 spiro atoms. The predicted octanol–water partition coefficient (Wildman–Crippen LogP) is 3.90. The molecule has 2 aromatic carbocycles. The second-order valence-corrected chi connectivity index (χ2v) is 6.86. The Hall–Kier alpha value is -2.92. The van der Waals surface area contributed by atoms with Gasteiger partial charge in [0.05, 0.1) is 18.3 Å². The lowest BCUT2D eigenvalue weighted by molar-refractivity contribution is -0.117. The molecule has 1 amide bonds. The van der Waals surface area contributed by atoms with Crippen molar-refractivity contribution in [1.82, 2.24) is 10.3 Å². The van der Waals surface area contributed by atoms with Crippen molar-refractivity contribution in [2.24, 2.45) is 0 Å². The molecule has 0 unspecified atom stereocenters. The number of fused-ring (bicyclic) bond motifs is 1. The number of hydrogen-bond acceptors (Lipinski definition) is 3. The van der Waals surface area contributed by atoms with Gasteiger partial charge in [0, 0.05) is 23.1 Å². The van der Waals surface area contributed by atoms with E-state index in [2.05, 4.69) is 10.3 Å². The third-order valence-corrected chi connectivity index (χ3v) is 4.35. The van der Waals surface area contributed by atoms with Crippen LogP contribution in [0.5, 0.6) is 0 Å². The average Bonchev–Trinajstić information content (AvgIpc) is 2.99. The minimum Gasteiger partial charge on any atom is -0.374 e. The van der Waals surface area contributed by atoms with E-state index in [0.717, 1.165) is 22.0 Å². The second kappa shape index (κ2) is 8.18. The molecule has 5 nitrogen and oxygen atoms in total. The molecule has 1 aromatic heterocycles. The van der Waals surface area contributed by atoms with E-state index in [-0.39, 0.29) is 6.10 Å². The zero-order chi connectivity index (χ0) is 19.4. The molecule has 0 atom stereocenters. The first-order valence-electron chi connectivity index (χ1n) is 9.05. The van der Waals surface area contributed by atoms with Gasteiger partial charge in [0.25, 0.3) is 11.7 Å². The summed E-state index contributed by atoms with van der Waals surface area (Å²) < 4.78 is 5.60. The molecule has 2 N–H and O–H groups in total. The molecule has 0 bridgehead atoms. The predicted molar refractivity (Wildman–Crippen MR) is 106 cm³/mol. The van der Waals surface area contributed by atoms with Crippen molar-refractivity contribution < 1.29 is 14.3 Å². The van der Waals surface area contributed by atoms with E-state index in [1.165, 1.54) is 0 Å². The van der Waals surface area contributed by atoms with Crippen LogP contribution in [0.3, 0.4) is 0 Å². The van der Waals surface area contributed by atoms with Crippen LogP contribution in [0.25, 0.3) is 10.9 Å². The highest BCUT2D eigenvalue weighted by Gasteiger charge is 2.22. The zero-order valence-electron chi connectivity index (χ0n) is 15.8. The van der Waals surface area contributed by atoms with E-state index in [1.54, 1.807) is 6.92 Å². The average molecular weight is 364 g/mol. The Bertz CT molecular complexity index is 973. The molecular formula is C22H24N2O3. The van der Waals surface area contributed by atoms with Crippen LogP contribution in [0.4, 0.5) is 0 Å². The summed E-state index contributed by atoms with van der Waals surface area (Å²) in [4.78, 5) is 28.2. The van der Waals surface area contributed by atoms with Crippen molar-refractivity contribution in [3.63, 3.8) is 0 Å². The summed E-state index contributed by atoms with van der Waals surface area (Å²) in [7, 11) is 0. The lowest BCUT2D eigenvalue weighted by Gasteiger charge is -2.09. The first-order valence-corrected chi connectivity index (χ1v) is 9.05. The quantitative estimate of drug-likeness (QED) is 0.493. The summed E-state index contributed by atoms with van der Waals surface area (Å²) in [6.07, 6.45) is 0.158. The van der Waals surface area contributed by atoms with Gasteiger partial charge in [-0.2, -0.15) is 0 Å². The molecule has 0 saturated heterocycles. The van der Waals surface area contributed by atoms with Crippen molar-refractivity contribution in [1.29, 1.82) is 0 Å². The Morgan fingerprint density at radius 1 is 1.07 bits per heavy atom. The van der Waals surface area contributed by atoms with Crippen molar-refractivity contribution in [3.05, 3.63) is 70.9 Å². The number of ether oxygens (including phenoxy) is 1. The Kier molecular flexibility index (Phi) is 5.72. The number of ketones is 1. The van der Waals surface area contributed by atoms with Gasteiger partial charge >= 0.3 is 0 Å². The molecule has 0 aliphatic carbocycles. The number of rotatable bonds is 7. The number of carbonyl (C=O) groups excluding carboxylic acids is 2. The molecule has 5 heteroatoms. The number of aryl methyl sites for hydroxylation is 1. The van der Waals surface area contributed by atoms with E-state index in [9.17, 15) is 9.59 Å². The Morgan fingerprint density at radius 3 is 2.59 bits per heavy atom. The normalized spacial score (nSPS) is 11.1. The smallest absolute Gasteiger partial charge is 0.292 e. The fraction of sp³-hybridized carbons (Fsp3) is 0.273. The van der Waals surface area contributed by atoms with Crippen molar-refractivity contribution in [2.45, 2.75) is 40.0 Å². The van der Waals surface area contributed by atoms with Crippen LogP contribution in [0.1, 0.15) is 41.0 Å². The lowest BCUT2D eigenvalue weighted by Crippen LogP contribution is -2.30. The highest BCUT2D eigenvalue weighted by atomic mass is 16.5. The highest BCUT2D eigenvalue weighted by Crippen LogP contribution is 2.22. The highest BCUT2D eigenvalue weighted by molar-refractivity contribution is 6.45. The Labute approximate surface area is 158 Å². The number of hydrogen-bond donors (Lipinski definition) is 2. The van der Waals surface area contributed by atoms with E-state index in [1.807, 2.05) is 62.4 Å². The van der Waals surface area contributed by atoms with Gasteiger partial charge in [-0.25, -0.2) is 0 Å². The fourth-order valence-electron chi connectivity index (χ4n) is 3.04. The van der Waals surface area contributed by atoms with Crippen molar-refractivity contribution in [2.75, 3.05) is 0 Å². The number of Topliss-reactive ketones (excluding diaryl/α,β-unsaturated/α-hetero) is 1. The van der Waals surface area contributed by atoms with Crippen LogP contribution in [0.15, 0.2) is 48.5 Å². The largest absolute Gasteiger partial charge is 0.374 e. The van der Waals surface area contributed by atoms with Crippen LogP contribution in [-0.2, 0) is 22.7 Å². The molecular weight excluding hydrogens is 340 g/mol. The van der Waals surface area contributed by atoms with Gasteiger partial charge in [-0.05, 0) is 38.0 Å². The Morgan fingerprint density at radius 2 is 1.81 bits per heavy atom. The van der Waals surface area contributed by atoms with Crippen LogP contribution < -0.4 is 5.32 Å². The number of aromatic nitrogens is 1. The molecule has 140 valence electrons. The van der Waals surface area contributed by atoms with Crippen molar-refractivity contribution in [3.8, 4) is 0 Å². The van der Waals surface area contributed by atoms with Crippen LogP contribution in [0.2, 0.25) is 0 Å². The monoisotopic (exact) mass is 364 g/mol. The zero-order valence-corrected chi connectivity index (χ0v) is 15.8. The van der Waals surface area contributed by atoms with Gasteiger partial charge in [-0.1, -0.05) is 42.5 Å². The lowest BCUT2D eigenvalue weighted by atomic mass is 10.1. The maximum atomic E-state index is 12.7. The van der Waals surface area contributed by atoms with Crippen LogP contribution >= 0.6 is 0 Å². The number of carbonyl (C=O) groups is 2. The molecule has 0 fully saturated rings. The van der Waals surface area contributed by atoms with E-state index < -0.39 is 11.7 Å². The summed E-state index contributed by atoms with van der Waals surface area (Å²) >= 11 is 0. The van der Waals surface area contributed by atoms with E-state index in [4.69, 9.17) is 4.74 Å². The van der Waals surface area contributed by atoms with E-state index >= 15 is 0 Å². The maximum Gasteiger partial charge on any atom is 0.292 e. The van der Waals surface area contributed by atoms with Gasteiger partial charge in [-0.15, -0.1) is 0 Å². The molecule has 1 heterocycles. The Balaban J connectivity index is 1.68. The number of amides is 1. The third kappa shape index (κ3) is 4.44. The number of H-pyrrole nitrogens is 1. The third-order valence-electron chi connectivity index (χ3n) is 4.35. The molecule has 0 aliphatic rings. The molecule has 0 aliphatic heterocycles. The summed E-state index contributed by atoms with van der Waals surface area (Å²) in [5.74, 6) is -1.13. The van der Waals surface area contributed by atoms with Gasteiger partial charge < -0.3 is 15.0 Å². The molecule has 3 rings (SSSR count). The minimum absolute atomic E-state index is 0.158. The summed E-state index contributed by atoms with van der Waals surface area (Å²) in [5.41, 5.74) is 3.95.